The molecule has 0 aromatic rings. The maximum atomic E-state index is 5.67. The van der Waals surface area contributed by atoms with E-state index in [0.29, 0.717) is 11.5 Å². The minimum absolute atomic E-state index is 0.457. The zero-order valence-electron chi connectivity index (χ0n) is 15.9. The minimum Gasteiger partial charge on any atom is -0.381 e. The number of rotatable bonds is 10. The van der Waals surface area contributed by atoms with Gasteiger partial charge < -0.3 is 14.5 Å². The van der Waals surface area contributed by atoms with Crippen LogP contribution in [-0.4, -0.2) is 62.3 Å². The molecule has 0 saturated carbocycles. The van der Waals surface area contributed by atoms with Gasteiger partial charge in [-0.05, 0) is 50.6 Å². The van der Waals surface area contributed by atoms with Crippen LogP contribution < -0.4 is 0 Å². The van der Waals surface area contributed by atoms with Crippen molar-refractivity contribution < 1.29 is 4.74 Å². The van der Waals surface area contributed by atoms with Crippen LogP contribution in [0.25, 0.3) is 0 Å². The van der Waals surface area contributed by atoms with E-state index in [-0.39, 0.29) is 0 Å². The first-order valence-corrected chi connectivity index (χ1v) is 9.42. The van der Waals surface area contributed by atoms with E-state index in [1.54, 1.807) is 0 Å². The second kappa shape index (κ2) is 10.6. The van der Waals surface area contributed by atoms with Crippen molar-refractivity contribution in [1.29, 1.82) is 0 Å². The molecule has 1 saturated heterocycles. The molecule has 22 heavy (non-hydrogen) atoms. The van der Waals surface area contributed by atoms with Crippen molar-refractivity contribution in [3.8, 4) is 0 Å². The molecule has 0 amide bonds. The van der Waals surface area contributed by atoms with Crippen molar-refractivity contribution >= 4 is 0 Å². The topological polar surface area (TPSA) is 15.7 Å². The summed E-state index contributed by atoms with van der Waals surface area (Å²) < 4.78 is 5.67. The van der Waals surface area contributed by atoms with E-state index in [2.05, 4.69) is 37.5 Å². The average Bonchev–Trinajstić information content (AvgIpc) is 2.49. The molecular formula is C19H40N2O. The SMILES string of the molecule is CCN1CCN(CCCC[C@@H](CCCC(C)(C)C)OC)CC1. The van der Waals surface area contributed by atoms with Gasteiger partial charge in [-0.2, -0.15) is 0 Å². The van der Waals surface area contributed by atoms with Crippen LogP contribution in [0, 0.1) is 5.41 Å². The molecule has 1 heterocycles. The van der Waals surface area contributed by atoms with Gasteiger partial charge in [-0.15, -0.1) is 0 Å². The van der Waals surface area contributed by atoms with Crippen LogP contribution in [-0.2, 0) is 4.74 Å². The fourth-order valence-electron chi connectivity index (χ4n) is 3.28. The molecular weight excluding hydrogens is 272 g/mol. The van der Waals surface area contributed by atoms with Gasteiger partial charge in [0, 0.05) is 33.3 Å². The zero-order chi connectivity index (χ0) is 16.4. The Labute approximate surface area is 139 Å². The van der Waals surface area contributed by atoms with Crippen molar-refractivity contribution in [2.24, 2.45) is 5.41 Å². The third-order valence-corrected chi connectivity index (χ3v) is 4.95. The molecule has 0 unspecified atom stereocenters. The first kappa shape index (κ1) is 19.9. The molecule has 1 aliphatic heterocycles. The summed E-state index contributed by atoms with van der Waals surface area (Å²) in [5, 5.41) is 0. The van der Waals surface area contributed by atoms with Crippen LogP contribution in [0.15, 0.2) is 0 Å². The summed E-state index contributed by atoms with van der Waals surface area (Å²) in [7, 11) is 1.88. The molecule has 3 heteroatoms. The van der Waals surface area contributed by atoms with Crippen molar-refractivity contribution in [1.82, 2.24) is 9.80 Å². The Morgan fingerprint density at radius 1 is 0.909 bits per heavy atom. The van der Waals surface area contributed by atoms with Gasteiger partial charge in [-0.3, -0.25) is 0 Å². The lowest BCUT2D eigenvalue weighted by Gasteiger charge is -2.34. The minimum atomic E-state index is 0.457. The molecule has 1 atom stereocenters. The van der Waals surface area contributed by atoms with Crippen molar-refractivity contribution in [2.75, 3.05) is 46.4 Å². The normalized spacial score (nSPS) is 19.5. The second-order valence-electron chi connectivity index (χ2n) is 8.08. The van der Waals surface area contributed by atoms with Gasteiger partial charge >= 0.3 is 0 Å². The van der Waals surface area contributed by atoms with E-state index in [1.807, 2.05) is 7.11 Å². The van der Waals surface area contributed by atoms with E-state index < -0.39 is 0 Å². The quantitative estimate of drug-likeness (QED) is 0.567. The Morgan fingerprint density at radius 2 is 1.50 bits per heavy atom. The Hall–Kier alpha value is -0.120. The lowest BCUT2D eigenvalue weighted by molar-refractivity contribution is 0.0788. The first-order chi connectivity index (χ1) is 10.4. The molecule has 1 rings (SSSR count). The van der Waals surface area contributed by atoms with E-state index in [1.165, 1.54) is 77.8 Å². The monoisotopic (exact) mass is 312 g/mol. The van der Waals surface area contributed by atoms with E-state index >= 15 is 0 Å². The highest BCUT2D eigenvalue weighted by Gasteiger charge is 2.15. The predicted molar refractivity (Wildman–Crippen MR) is 96.5 cm³/mol. The standard InChI is InChI=1S/C19H40N2O/c1-6-20-14-16-21(17-15-20)13-8-7-10-18(22-5)11-9-12-19(2,3)4/h18H,6-17H2,1-5H3/t18-/m0/s1. The largest absolute Gasteiger partial charge is 0.381 e. The van der Waals surface area contributed by atoms with Gasteiger partial charge in [0.2, 0.25) is 0 Å². The number of unbranched alkanes of at least 4 members (excludes halogenated alkanes) is 1. The predicted octanol–water partition coefficient (Wildman–Crippen LogP) is 4.03. The average molecular weight is 313 g/mol. The molecule has 1 fully saturated rings. The lowest BCUT2D eigenvalue weighted by Crippen LogP contribution is -2.46. The summed E-state index contributed by atoms with van der Waals surface area (Å²) in [4.78, 5) is 5.18. The Morgan fingerprint density at radius 3 is 2.05 bits per heavy atom. The summed E-state index contributed by atoms with van der Waals surface area (Å²) >= 11 is 0. The van der Waals surface area contributed by atoms with Gasteiger partial charge in [0.05, 0.1) is 6.10 Å². The Kier molecular flexibility index (Phi) is 9.62. The van der Waals surface area contributed by atoms with Crippen LogP contribution in [0.5, 0.6) is 0 Å². The number of likely N-dealkylation sites (N-methyl/N-ethyl adjacent to an activating group) is 1. The van der Waals surface area contributed by atoms with Crippen LogP contribution in [0.4, 0.5) is 0 Å². The number of nitrogens with zero attached hydrogens (tertiary/aromatic N) is 2. The summed E-state index contributed by atoms with van der Waals surface area (Å²) in [5.74, 6) is 0. The van der Waals surface area contributed by atoms with Crippen molar-refractivity contribution in [3.05, 3.63) is 0 Å². The molecule has 0 N–H and O–H groups in total. The number of methoxy groups -OCH3 is 1. The fraction of sp³-hybridized carbons (Fsp3) is 1.00. The zero-order valence-corrected chi connectivity index (χ0v) is 15.9. The van der Waals surface area contributed by atoms with Gasteiger partial charge in [0.15, 0.2) is 0 Å². The smallest absolute Gasteiger partial charge is 0.0571 e. The third-order valence-electron chi connectivity index (χ3n) is 4.95. The summed E-state index contributed by atoms with van der Waals surface area (Å²) in [5.41, 5.74) is 0.457. The highest BCUT2D eigenvalue weighted by Crippen LogP contribution is 2.23. The van der Waals surface area contributed by atoms with Crippen LogP contribution in [0.2, 0.25) is 0 Å². The molecule has 3 nitrogen and oxygen atoms in total. The molecule has 0 aromatic heterocycles. The van der Waals surface area contributed by atoms with Gasteiger partial charge in [0.1, 0.15) is 0 Å². The molecule has 132 valence electrons. The molecule has 0 radical (unpaired) electrons. The molecule has 0 bridgehead atoms. The van der Waals surface area contributed by atoms with E-state index in [4.69, 9.17) is 4.74 Å². The van der Waals surface area contributed by atoms with Crippen LogP contribution in [0.3, 0.4) is 0 Å². The van der Waals surface area contributed by atoms with Gasteiger partial charge in [-0.25, -0.2) is 0 Å². The van der Waals surface area contributed by atoms with Crippen molar-refractivity contribution in [2.45, 2.75) is 72.3 Å². The van der Waals surface area contributed by atoms with Gasteiger partial charge in [0.25, 0.3) is 0 Å². The number of hydrogen-bond donors (Lipinski definition) is 0. The molecule has 0 spiro atoms. The van der Waals surface area contributed by atoms with E-state index in [0.717, 1.165) is 0 Å². The molecule has 0 aliphatic carbocycles. The maximum absolute atomic E-state index is 5.67. The van der Waals surface area contributed by atoms with E-state index in [9.17, 15) is 0 Å². The van der Waals surface area contributed by atoms with Crippen LogP contribution >= 0.6 is 0 Å². The highest BCUT2D eigenvalue weighted by atomic mass is 16.5. The maximum Gasteiger partial charge on any atom is 0.0571 e. The first-order valence-electron chi connectivity index (χ1n) is 9.42. The third kappa shape index (κ3) is 9.12. The Balaban J connectivity index is 2.04. The molecule has 1 aliphatic rings. The summed E-state index contributed by atoms with van der Waals surface area (Å²) in [6.45, 7) is 16.7. The molecule has 0 aromatic carbocycles. The van der Waals surface area contributed by atoms with Crippen LogP contribution in [0.1, 0.15) is 66.2 Å². The van der Waals surface area contributed by atoms with Gasteiger partial charge in [-0.1, -0.05) is 34.1 Å². The fourth-order valence-corrected chi connectivity index (χ4v) is 3.28. The number of ether oxygens (including phenoxy) is 1. The lowest BCUT2D eigenvalue weighted by atomic mass is 9.89. The Bertz CT molecular complexity index is 267. The second-order valence-corrected chi connectivity index (χ2v) is 8.08. The number of piperazine rings is 1. The highest BCUT2D eigenvalue weighted by molar-refractivity contribution is 4.71. The summed E-state index contributed by atoms with van der Waals surface area (Å²) in [6.07, 6.45) is 8.15. The number of hydrogen-bond acceptors (Lipinski definition) is 3. The van der Waals surface area contributed by atoms with Crippen molar-refractivity contribution in [3.63, 3.8) is 0 Å². The summed E-state index contributed by atoms with van der Waals surface area (Å²) in [6, 6.07) is 0.